The van der Waals surface area contributed by atoms with Crippen LogP contribution in [0, 0.1) is 18.8 Å². The van der Waals surface area contributed by atoms with Crippen molar-refractivity contribution in [2.75, 3.05) is 13.2 Å². The molecule has 0 amide bonds. The van der Waals surface area contributed by atoms with Crippen molar-refractivity contribution >= 4 is 0 Å². The van der Waals surface area contributed by atoms with Crippen LogP contribution in [0.4, 0.5) is 0 Å². The van der Waals surface area contributed by atoms with Gasteiger partial charge in [0.1, 0.15) is 12.4 Å². The van der Waals surface area contributed by atoms with E-state index in [9.17, 15) is 0 Å². The summed E-state index contributed by atoms with van der Waals surface area (Å²) in [5.41, 5.74) is 2.40. The van der Waals surface area contributed by atoms with Crippen LogP contribution < -0.4 is 10.1 Å². The lowest BCUT2D eigenvalue weighted by molar-refractivity contribution is 0.360. The van der Waals surface area contributed by atoms with Crippen LogP contribution in [0.15, 0.2) is 18.2 Å². The second kappa shape index (κ2) is 6.98. The van der Waals surface area contributed by atoms with Crippen LogP contribution in [0.1, 0.15) is 37.9 Å². The molecule has 2 nitrogen and oxygen atoms in total. The third kappa shape index (κ3) is 4.13. The Morgan fingerprint density at radius 1 is 1.41 bits per heavy atom. The van der Waals surface area contributed by atoms with E-state index in [0.29, 0.717) is 12.6 Å². The molecule has 0 spiro atoms. The fraction of sp³-hybridized carbons (Fsp3) is 0.467. The fourth-order valence-electron chi connectivity index (χ4n) is 1.73. The first-order valence-electron chi connectivity index (χ1n) is 6.05. The molecule has 0 aliphatic heterocycles. The number of ether oxygens (including phenoxy) is 1. The normalized spacial score (nSPS) is 11.5. The van der Waals surface area contributed by atoms with E-state index in [2.05, 4.69) is 56.1 Å². The minimum atomic E-state index is 0.296. The van der Waals surface area contributed by atoms with Gasteiger partial charge in [0.2, 0.25) is 0 Å². The van der Waals surface area contributed by atoms with Gasteiger partial charge in [0.25, 0.3) is 0 Å². The van der Waals surface area contributed by atoms with Crippen LogP contribution in [-0.4, -0.2) is 13.2 Å². The number of benzene rings is 1. The van der Waals surface area contributed by atoms with Gasteiger partial charge in [-0.05, 0) is 38.9 Å². The van der Waals surface area contributed by atoms with E-state index in [1.165, 1.54) is 11.1 Å². The van der Waals surface area contributed by atoms with Crippen molar-refractivity contribution in [2.45, 2.75) is 33.7 Å². The maximum Gasteiger partial charge on any atom is 0.149 e. The zero-order chi connectivity index (χ0) is 12.7. The Morgan fingerprint density at radius 3 is 2.82 bits per heavy atom. The van der Waals surface area contributed by atoms with E-state index in [4.69, 9.17) is 4.74 Å². The number of rotatable bonds is 5. The molecule has 92 valence electrons. The van der Waals surface area contributed by atoms with Gasteiger partial charge in [0.15, 0.2) is 0 Å². The van der Waals surface area contributed by atoms with Crippen LogP contribution in [0.25, 0.3) is 0 Å². The lowest BCUT2D eigenvalue weighted by Gasteiger charge is -2.17. The number of nitrogens with one attached hydrogen (secondary N) is 1. The largest absolute Gasteiger partial charge is 0.481 e. The molecular weight excluding hydrogens is 210 g/mol. The Morgan fingerprint density at radius 2 is 2.18 bits per heavy atom. The quantitative estimate of drug-likeness (QED) is 0.786. The molecular formula is C15H21NO. The highest BCUT2D eigenvalue weighted by atomic mass is 16.5. The number of hydrogen-bond donors (Lipinski definition) is 1. The van der Waals surface area contributed by atoms with Crippen LogP contribution in [-0.2, 0) is 0 Å². The molecule has 1 rings (SSSR count). The number of hydrogen-bond acceptors (Lipinski definition) is 2. The summed E-state index contributed by atoms with van der Waals surface area (Å²) in [6, 6.07) is 6.60. The third-order valence-corrected chi connectivity index (χ3v) is 2.62. The molecule has 1 N–H and O–H groups in total. The Balaban J connectivity index is 2.89. The van der Waals surface area contributed by atoms with Gasteiger partial charge in [-0.2, -0.15) is 0 Å². The topological polar surface area (TPSA) is 21.3 Å². The monoisotopic (exact) mass is 231 g/mol. The van der Waals surface area contributed by atoms with E-state index in [1.807, 2.05) is 6.92 Å². The highest BCUT2D eigenvalue weighted by molar-refractivity contribution is 5.39. The van der Waals surface area contributed by atoms with Gasteiger partial charge >= 0.3 is 0 Å². The lowest BCUT2D eigenvalue weighted by atomic mass is 10.0. The zero-order valence-corrected chi connectivity index (χ0v) is 11.1. The van der Waals surface area contributed by atoms with Crippen molar-refractivity contribution in [3.63, 3.8) is 0 Å². The summed E-state index contributed by atoms with van der Waals surface area (Å²) in [6.07, 6.45) is 0. The molecule has 0 saturated carbocycles. The van der Waals surface area contributed by atoms with E-state index < -0.39 is 0 Å². The minimum Gasteiger partial charge on any atom is -0.481 e. The van der Waals surface area contributed by atoms with Crippen molar-refractivity contribution in [1.29, 1.82) is 0 Å². The van der Waals surface area contributed by atoms with Crippen LogP contribution >= 0.6 is 0 Å². The third-order valence-electron chi connectivity index (χ3n) is 2.62. The predicted molar refractivity (Wildman–Crippen MR) is 72.2 cm³/mol. The van der Waals surface area contributed by atoms with Crippen molar-refractivity contribution in [3.8, 4) is 17.6 Å². The highest BCUT2D eigenvalue weighted by Crippen LogP contribution is 2.26. The van der Waals surface area contributed by atoms with Crippen molar-refractivity contribution in [1.82, 2.24) is 5.32 Å². The molecule has 0 bridgehead atoms. The Hall–Kier alpha value is -1.46. The molecule has 0 aromatic heterocycles. The minimum absolute atomic E-state index is 0.296. The molecule has 1 aromatic carbocycles. The van der Waals surface area contributed by atoms with Crippen molar-refractivity contribution < 1.29 is 4.74 Å². The zero-order valence-electron chi connectivity index (χ0n) is 11.1. The molecule has 2 heteroatoms. The van der Waals surface area contributed by atoms with Crippen LogP contribution in [0.2, 0.25) is 0 Å². The Bertz CT molecular complexity index is 415. The highest BCUT2D eigenvalue weighted by Gasteiger charge is 2.10. The second-order valence-corrected chi connectivity index (χ2v) is 4.04. The van der Waals surface area contributed by atoms with E-state index >= 15 is 0 Å². The first-order valence-corrected chi connectivity index (χ1v) is 6.05. The molecule has 0 saturated heterocycles. The first-order chi connectivity index (χ1) is 8.19. The Labute approximate surface area is 104 Å². The van der Waals surface area contributed by atoms with Crippen molar-refractivity contribution in [2.24, 2.45) is 0 Å². The second-order valence-electron chi connectivity index (χ2n) is 4.04. The molecule has 0 radical (unpaired) electrons. The maximum absolute atomic E-state index is 5.71. The standard InChI is InChI=1S/C15H21NO/c1-5-7-10-17-15-11-12(3)8-9-14(15)13(4)16-6-2/h8-9,11,13,16H,6,10H2,1-4H3. The molecule has 0 fully saturated rings. The predicted octanol–water partition coefficient (Wildman–Crippen LogP) is 3.07. The Kier molecular flexibility index (Phi) is 5.59. The molecule has 0 aliphatic rings. The summed E-state index contributed by atoms with van der Waals surface area (Å²) < 4.78 is 5.71. The van der Waals surface area contributed by atoms with Gasteiger partial charge in [0.05, 0.1) is 0 Å². The average Bonchev–Trinajstić information content (AvgIpc) is 2.30. The summed E-state index contributed by atoms with van der Waals surface area (Å²) in [5.74, 6) is 6.69. The van der Waals surface area contributed by atoms with Gasteiger partial charge < -0.3 is 10.1 Å². The summed E-state index contributed by atoms with van der Waals surface area (Å²) in [6.45, 7) is 9.54. The van der Waals surface area contributed by atoms with Gasteiger partial charge in [-0.25, -0.2) is 0 Å². The molecule has 0 heterocycles. The molecule has 1 atom stereocenters. The molecule has 1 aromatic rings. The maximum atomic E-state index is 5.71. The summed E-state index contributed by atoms with van der Waals surface area (Å²) >= 11 is 0. The van der Waals surface area contributed by atoms with E-state index in [-0.39, 0.29) is 0 Å². The molecule has 0 aliphatic carbocycles. The van der Waals surface area contributed by atoms with E-state index in [1.54, 1.807) is 0 Å². The average molecular weight is 231 g/mol. The van der Waals surface area contributed by atoms with Crippen molar-refractivity contribution in [3.05, 3.63) is 29.3 Å². The summed E-state index contributed by atoms with van der Waals surface area (Å²) in [4.78, 5) is 0. The molecule has 17 heavy (non-hydrogen) atoms. The molecule has 1 unspecified atom stereocenters. The van der Waals surface area contributed by atoms with Gasteiger partial charge in [-0.15, -0.1) is 5.92 Å². The first kappa shape index (κ1) is 13.6. The summed E-state index contributed by atoms with van der Waals surface area (Å²) in [5, 5.41) is 3.40. The van der Waals surface area contributed by atoms with Gasteiger partial charge in [-0.1, -0.05) is 25.0 Å². The summed E-state index contributed by atoms with van der Waals surface area (Å²) in [7, 11) is 0. The SMILES string of the molecule is CC#CCOc1cc(C)ccc1C(C)NCC. The van der Waals surface area contributed by atoms with Gasteiger partial charge in [0, 0.05) is 11.6 Å². The van der Waals surface area contributed by atoms with E-state index in [0.717, 1.165) is 12.3 Å². The lowest BCUT2D eigenvalue weighted by Crippen LogP contribution is -2.18. The number of aryl methyl sites for hydroxylation is 1. The van der Waals surface area contributed by atoms with Gasteiger partial charge in [-0.3, -0.25) is 0 Å². The smallest absolute Gasteiger partial charge is 0.149 e. The van der Waals surface area contributed by atoms with Crippen LogP contribution in [0.5, 0.6) is 5.75 Å². The fourth-order valence-corrected chi connectivity index (χ4v) is 1.73. The van der Waals surface area contributed by atoms with Crippen LogP contribution in [0.3, 0.4) is 0 Å².